The Morgan fingerprint density at radius 3 is 2.12 bits per heavy atom. The van der Waals surface area contributed by atoms with Crippen LogP contribution in [-0.4, -0.2) is 46.7 Å². The highest BCUT2D eigenvalue weighted by Gasteiger charge is 2.29. The van der Waals surface area contributed by atoms with Gasteiger partial charge in [-0.3, -0.25) is 14.7 Å². The zero-order valence-corrected chi connectivity index (χ0v) is 18.3. The van der Waals surface area contributed by atoms with Crippen molar-refractivity contribution in [3.05, 3.63) is 89.7 Å². The molecule has 0 saturated heterocycles. The predicted molar refractivity (Wildman–Crippen MR) is 124 cm³/mol. The van der Waals surface area contributed by atoms with Crippen LogP contribution in [0.2, 0.25) is 0 Å². The topological polar surface area (TPSA) is 79.7 Å². The van der Waals surface area contributed by atoms with Crippen LogP contribution in [0.25, 0.3) is 11.1 Å². The lowest BCUT2D eigenvalue weighted by atomic mass is 9.98. The number of rotatable bonds is 8. The van der Waals surface area contributed by atoms with Crippen molar-refractivity contribution >= 4 is 24.5 Å². The van der Waals surface area contributed by atoms with E-state index in [9.17, 15) is 14.7 Å². The molecule has 3 aromatic rings. The molecule has 0 saturated carbocycles. The average Bonchev–Trinajstić information content (AvgIpc) is 3.11. The molecule has 1 N–H and O–H groups in total. The van der Waals surface area contributed by atoms with Crippen LogP contribution in [0.5, 0.6) is 0 Å². The summed E-state index contributed by atoms with van der Waals surface area (Å²) < 4.78 is 5.62. The maximum atomic E-state index is 12.7. The Balaban J connectivity index is 0.00000289. The monoisotopic (exact) mass is 452 g/mol. The lowest BCUT2D eigenvalue weighted by Gasteiger charge is -2.22. The molecule has 4 rings (SSSR count). The summed E-state index contributed by atoms with van der Waals surface area (Å²) in [7, 11) is 0. The molecule has 6 nitrogen and oxygen atoms in total. The molecule has 0 bridgehead atoms. The largest absolute Gasteiger partial charge is 0.480 e. The first kappa shape index (κ1) is 23.3. The number of aromatic nitrogens is 1. The third-order valence-electron chi connectivity index (χ3n) is 5.56. The van der Waals surface area contributed by atoms with E-state index in [1.54, 1.807) is 12.4 Å². The maximum absolute atomic E-state index is 12.7. The van der Waals surface area contributed by atoms with Crippen molar-refractivity contribution in [3.63, 3.8) is 0 Å². The van der Waals surface area contributed by atoms with Crippen LogP contribution in [0.1, 0.15) is 29.0 Å². The van der Waals surface area contributed by atoms with Gasteiger partial charge in [0.25, 0.3) is 0 Å². The van der Waals surface area contributed by atoms with E-state index in [0.29, 0.717) is 13.0 Å². The Hall–Kier alpha value is -3.38. The molecule has 0 aliphatic heterocycles. The second-order valence-corrected chi connectivity index (χ2v) is 7.58. The van der Waals surface area contributed by atoms with Gasteiger partial charge in [0.05, 0.1) is 0 Å². The zero-order chi connectivity index (χ0) is 21.6. The number of carbonyl (C=O) groups is 2. The fourth-order valence-corrected chi connectivity index (χ4v) is 4.11. The molecular weight excluding hydrogens is 428 g/mol. The molecule has 166 valence electrons. The van der Waals surface area contributed by atoms with Gasteiger partial charge >= 0.3 is 12.1 Å². The summed E-state index contributed by atoms with van der Waals surface area (Å²) in [6.07, 6.45) is 4.21. The molecule has 2 aromatic carbocycles. The van der Waals surface area contributed by atoms with Gasteiger partial charge in [-0.2, -0.15) is 0 Å². The highest BCUT2D eigenvalue weighted by atomic mass is 35.5. The summed E-state index contributed by atoms with van der Waals surface area (Å²) in [4.78, 5) is 29.3. The first-order chi connectivity index (χ1) is 15.1. The number of amides is 1. The van der Waals surface area contributed by atoms with Gasteiger partial charge in [0.1, 0.15) is 13.2 Å². The Morgan fingerprint density at radius 1 is 0.938 bits per heavy atom. The summed E-state index contributed by atoms with van der Waals surface area (Å²) in [5.74, 6) is -1.11. The molecule has 0 radical (unpaired) electrons. The first-order valence-electron chi connectivity index (χ1n) is 10.3. The maximum Gasteiger partial charge on any atom is 0.410 e. The SMILES string of the molecule is Cl.O=C(O)CN(CCCc1ccncc1)C(=O)OCC1c2ccccc2-c2ccccc21. The van der Waals surface area contributed by atoms with Crippen LogP contribution >= 0.6 is 12.4 Å². The quantitative estimate of drug-likeness (QED) is 0.532. The summed E-state index contributed by atoms with van der Waals surface area (Å²) >= 11 is 0. The zero-order valence-electron chi connectivity index (χ0n) is 17.5. The number of hydrogen-bond donors (Lipinski definition) is 1. The molecule has 1 aliphatic carbocycles. The number of ether oxygens (including phenoxy) is 1. The van der Waals surface area contributed by atoms with Crippen molar-refractivity contribution in [1.29, 1.82) is 0 Å². The van der Waals surface area contributed by atoms with E-state index in [-0.39, 0.29) is 31.5 Å². The molecule has 1 aliphatic rings. The van der Waals surface area contributed by atoms with Gasteiger partial charge in [-0.15, -0.1) is 12.4 Å². The summed E-state index contributed by atoms with van der Waals surface area (Å²) in [6.45, 7) is 0.103. The Bertz CT molecular complexity index is 1030. The lowest BCUT2D eigenvalue weighted by molar-refractivity contribution is -0.138. The Morgan fingerprint density at radius 2 is 1.53 bits per heavy atom. The Labute approximate surface area is 193 Å². The van der Waals surface area contributed by atoms with Gasteiger partial charge in [-0.05, 0) is 52.8 Å². The molecule has 0 atom stereocenters. The number of carboxylic acid groups (broad SMARTS) is 1. The molecular formula is C25H25ClN2O4. The van der Waals surface area contributed by atoms with Crippen LogP contribution in [0.3, 0.4) is 0 Å². The number of nitrogens with zero attached hydrogens (tertiary/aromatic N) is 2. The summed E-state index contributed by atoms with van der Waals surface area (Å²) in [6, 6.07) is 20.0. The predicted octanol–water partition coefficient (Wildman–Crippen LogP) is 4.77. The highest BCUT2D eigenvalue weighted by molar-refractivity contribution is 5.85. The van der Waals surface area contributed by atoms with Crippen molar-refractivity contribution in [2.45, 2.75) is 18.8 Å². The van der Waals surface area contributed by atoms with Gasteiger partial charge in [0.2, 0.25) is 0 Å². The fraction of sp³-hybridized carbons (Fsp3) is 0.240. The van der Waals surface area contributed by atoms with Crippen LogP contribution in [-0.2, 0) is 16.0 Å². The van der Waals surface area contributed by atoms with Crippen LogP contribution in [0, 0.1) is 0 Å². The first-order valence-corrected chi connectivity index (χ1v) is 10.3. The Kier molecular flexibility index (Phi) is 7.84. The van der Waals surface area contributed by atoms with Crippen LogP contribution < -0.4 is 0 Å². The number of aryl methyl sites for hydroxylation is 1. The third-order valence-corrected chi connectivity index (χ3v) is 5.56. The molecule has 32 heavy (non-hydrogen) atoms. The molecule has 1 heterocycles. The minimum atomic E-state index is -1.06. The molecule has 0 fully saturated rings. The number of pyridine rings is 1. The van der Waals surface area contributed by atoms with E-state index in [2.05, 4.69) is 29.2 Å². The van der Waals surface area contributed by atoms with E-state index in [4.69, 9.17) is 4.74 Å². The smallest absolute Gasteiger partial charge is 0.410 e. The standard InChI is InChI=1S/C25H24N2O4.ClH/c28-24(29)16-27(15-5-6-18-11-13-26-14-12-18)25(30)31-17-23-21-9-3-1-7-19(21)20-8-2-4-10-22(20)23;/h1-4,7-14,23H,5-6,15-17H2,(H,28,29);1H. The van der Waals surface area contributed by atoms with Crippen molar-refractivity contribution in [3.8, 4) is 11.1 Å². The molecule has 1 aromatic heterocycles. The minimum Gasteiger partial charge on any atom is -0.480 e. The lowest BCUT2D eigenvalue weighted by Crippen LogP contribution is -2.37. The van der Waals surface area contributed by atoms with Crippen LogP contribution in [0.4, 0.5) is 4.79 Å². The number of fused-ring (bicyclic) bond motifs is 3. The number of carbonyl (C=O) groups excluding carboxylic acids is 1. The van der Waals surface area contributed by atoms with E-state index >= 15 is 0 Å². The molecule has 1 amide bonds. The van der Waals surface area contributed by atoms with Crippen molar-refractivity contribution in [2.24, 2.45) is 0 Å². The van der Waals surface area contributed by atoms with Gasteiger partial charge in [0.15, 0.2) is 0 Å². The van der Waals surface area contributed by atoms with Gasteiger partial charge in [0, 0.05) is 24.9 Å². The van der Waals surface area contributed by atoms with Crippen molar-refractivity contribution < 1.29 is 19.4 Å². The number of aliphatic carboxylic acids is 1. The van der Waals surface area contributed by atoms with E-state index < -0.39 is 12.1 Å². The second kappa shape index (κ2) is 10.8. The highest BCUT2D eigenvalue weighted by Crippen LogP contribution is 2.44. The van der Waals surface area contributed by atoms with Crippen molar-refractivity contribution in [2.75, 3.05) is 19.7 Å². The third kappa shape index (κ3) is 5.26. The van der Waals surface area contributed by atoms with Gasteiger partial charge in [-0.25, -0.2) is 4.79 Å². The van der Waals surface area contributed by atoms with Crippen LogP contribution in [0.15, 0.2) is 73.1 Å². The second-order valence-electron chi connectivity index (χ2n) is 7.58. The number of halogens is 1. The summed E-state index contributed by atoms with van der Waals surface area (Å²) in [5, 5.41) is 9.23. The van der Waals surface area contributed by atoms with E-state index in [1.165, 1.54) is 4.90 Å². The normalized spacial score (nSPS) is 11.8. The number of carboxylic acids is 1. The minimum absolute atomic E-state index is 0. The van der Waals surface area contributed by atoms with Gasteiger partial charge < -0.3 is 9.84 Å². The molecule has 0 spiro atoms. The summed E-state index contributed by atoms with van der Waals surface area (Å²) in [5.41, 5.74) is 5.65. The van der Waals surface area contributed by atoms with Crippen molar-refractivity contribution in [1.82, 2.24) is 9.88 Å². The van der Waals surface area contributed by atoms with Gasteiger partial charge in [-0.1, -0.05) is 48.5 Å². The molecule has 0 unspecified atom stereocenters. The van der Waals surface area contributed by atoms with E-state index in [1.807, 2.05) is 36.4 Å². The van der Waals surface area contributed by atoms with E-state index in [0.717, 1.165) is 34.2 Å². The molecule has 7 heteroatoms. The number of benzene rings is 2. The average molecular weight is 453 g/mol. The fourth-order valence-electron chi connectivity index (χ4n) is 4.11. The number of hydrogen-bond acceptors (Lipinski definition) is 4.